The predicted octanol–water partition coefficient (Wildman–Crippen LogP) is 1.26. The van der Waals surface area contributed by atoms with Crippen molar-refractivity contribution in [2.45, 2.75) is 19.9 Å². The number of phenolic OH excluding ortho intramolecular Hbond substituents is 1. The van der Waals surface area contributed by atoms with Crippen molar-refractivity contribution in [2.75, 3.05) is 26.2 Å². The molecule has 0 aromatic heterocycles. The molecule has 0 bridgehead atoms. The molecular formula is C16H22N2O4. The van der Waals surface area contributed by atoms with Crippen molar-refractivity contribution in [3.8, 4) is 5.75 Å². The Balaban J connectivity index is 2.02. The standard InChI is InChI=1S/C16H22N2O4/c1-11(2)14(16(21)22)17-7-9-18(10-8-17)15(20)12-5-3-4-6-13(12)19/h3-6,11,14,19H,7-10H2,1-2H3,(H,21,22). The first-order valence-electron chi connectivity index (χ1n) is 7.46. The van der Waals surface area contributed by atoms with Crippen molar-refractivity contribution in [3.63, 3.8) is 0 Å². The number of carbonyl (C=O) groups excluding carboxylic acids is 1. The summed E-state index contributed by atoms with van der Waals surface area (Å²) in [5.41, 5.74) is 0.287. The van der Waals surface area contributed by atoms with Gasteiger partial charge in [-0.1, -0.05) is 26.0 Å². The Morgan fingerprint density at radius 1 is 1.09 bits per heavy atom. The van der Waals surface area contributed by atoms with Gasteiger partial charge >= 0.3 is 5.97 Å². The van der Waals surface area contributed by atoms with E-state index in [0.717, 1.165) is 0 Å². The highest BCUT2D eigenvalue weighted by atomic mass is 16.4. The molecule has 0 saturated carbocycles. The average molecular weight is 306 g/mol. The third-order valence-corrected chi connectivity index (χ3v) is 4.01. The Morgan fingerprint density at radius 3 is 2.18 bits per heavy atom. The number of phenols is 1. The highest BCUT2D eigenvalue weighted by Gasteiger charge is 2.32. The Morgan fingerprint density at radius 2 is 1.68 bits per heavy atom. The number of amides is 1. The number of hydrogen-bond donors (Lipinski definition) is 2. The molecule has 1 aliphatic rings. The van der Waals surface area contributed by atoms with E-state index in [0.29, 0.717) is 26.2 Å². The average Bonchev–Trinajstić information content (AvgIpc) is 2.47. The van der Waals surface area contributed by atoms with E-state index in [1.807, 2.05) is 18.7 Å². The number of carboxylic acids is 1. The van der Waals surface area contributed by atoms with Gasteiger partial charge in [-0.3, -0.25) is 14.5 Å². The lowest BCUT2D eigenvalue weighted by atomic mass is 10.0. The molecule has 0 radical (unpaired) electrons. The maximum Gasteiger partial charge on any atom is 0.321 e. The SMILES string of the molecule is CC(C)C(C(=O)O)N1CCN(C(=O)c2ccccc2O)CC1. The number of benzene rings is 1. The van der Waals surface area contributed by atoms with Crippen LogP contribution in [0.5, 0.6) is 5.75 Å². The molecule has 0 spiro atoms. The molecule has 2 N–H and O–H groups in total. The second kappa shape index (κ2) is 6.79. The fraction of sp³-hybridized carbons (Fsp3) is 0.500. The van der Waals surface area contributed by atoms with Gasteiger partial charge < -0.3 is 15.1 Å². The van der Waals surface area contributed by atoms with Crippen LogP contribution in [0.3, 0.4) is 0 Å². The molecular weight excluding hydrogens is 284 g/mol. The fourth-order valence-electron chi connectivity index (χ4n) is 2.89. The second-order valence-corrected chi connectivity index (χ2v) is 5.87. The minimum atomic E-state index is -0.824. The summed E-state index contributed by atoms with van der Waals surface area (Å²) in [6.07, 6.45) is 0. The maximum atomic E-state index is 12.4. The molecule has 1 aromatic rings. The van der Waals surface area contributed by atoms with Crippen molar-refractivity contribution in [2.24, 2.45) is 5.92 Å². The number of hydrogen-bond acceptors (Lipinski definition) is 4. The third-order valence-electron chi connectivity index (χ3n) is 4.01. The van der Waals surface area contributed by atoms with Crippen LogP contribution in [0.4, 0.5) is 0 Å². The van der Waals surface area contributed by atoms with Crippen LogP contribution in [0.1, 0.15) is 24.2 Å². The lowest BCUT2D eigenvalue weighted by Gasteiger charge is -2.39. The molecule has 120 valence electrons. The summed E-state index contributed by atoms with van der Waals surface area (Å²) in [6.45, 7) is 5.74. The Kier molecular flexibility index (Phi) is 5.03. The van der Waals surface area contributed by atoms with Crippen molar-refractivity contribution in [1.29, 1.82) is 0 Å². The van der Waals surface area contributed by atoms with Crippen molar-refractivity contribution in [3.05, 3.63) is 29.8 Å². The molecule has 0 aliphatic carbocycles. The minimum absolute atomic E-state index is 0.0120. The lowest BCUT2D eigenvalue weighted by molar-refractivity contribution is -0.145. The summed E-state index contributed by atoms with van der Waals surface area (Å²) in [7, 11) is 0. The van der Waals surface area contributed by atoms with Gasteiger partial charge in [0, 0.05) is 26.2 Å². The zero-order valence-corrected chi connectivity index (χ0v) is 12.9. The van der Waals surface area contributed by atoms with Crippen LogP contribution in [0, 0.1) is 5.92 Å². The van der Waals surface area contributed by atoms with Gasteiger partial charge in [0.05, 0.1) is 5.56 Å². The fourth-order valence-corrected chi connectivity index (χ4v) is 2.89. The van der Waals surface area contributed by atoms with Crippen LogP contribution in [-0.2, 0) is 4.79 Å². The summed E-state index contributed by atoms with van der Waals surface area (Å²) in [5.74, 6) is -1.05. The topological polar surface area (TPSA) is 81.1 Å². The van der Waals surface area contributed by atoms with Crippen LogP contribution >= 0.6 is 0 Å². The molecule has 6 nitrogen and oxygen atoms in total. The van der Waals surface area contributed by atoms with E-state index in [1.165, 1.54) is 6.07 Å². The molecule has 1 heterocycles. The molecule has 6 heteroatoms. The zero-order chi connectivity index (χ0) is 16.3. The summed E-state index contributed by atoms with van der Waals surface area (Å²) in [6, 6.07) is 5.94. The number of aromatic hydroxyl groups is 1. The van der Waals surface area contributed by atoms with Crippen LogP contribution in [0.15, 0.2) is 24.3 Å². The molecule has 2 rings (SSSR count). The summed E-state index contributed by atoms with van der Waals surface area (Å²) >= 11 is 0. The number of carbonyl (C=O) groups is 2. The van der Waals surface area contributed by atoms with E-state index in [4.69, 9.17) is 0 Å². The molecule has 1 fully saturated rings. The molecule has 1 atom stereocenters. The highest BCUT2D eigenvalue weighted by Crippen LogP contribution is 2.20. The molecule has 1 saturated heterocycles. The minimum Gasteiger partial charge on any atom is -0.507 e. The van der Waals surface area contributed by atoms with Crippen LogP contribution in [-0.4, -0.2) is 64.1 Å². The number of aliphatic carboxylic acids is 1. The van der Waals surface area contributed by atoms with Gasteiger partial charge in [-0.25, -0.2) is 0 Å². The number of rotatable bonds is 4. The normalized spacial score (nSPS) is 17.5. The maximum absolute atomic E-state index is 12.4. The summed E-state index contributed by atoms with van der Waals surface area (Å²) in [5, 5.41) is 19.1. The Hall–Kier alpha value is -2.08. The van der Waals surface area contributed by atoms with E-state index in [9.17, 15) is 19.8 Å². The number of piperazine rings is 1. The molecule has 1 unspecified atom stereocenters. The quantitative estimate of drug-likeness (QED) is 0.875. The third kappa shape index (κ3) is 3.39. The molecule has 1 amide bonds. The van der Waals surface area contributed by atoms with Gasteiger partial charge in [0.25, 0.3) is 5.91 Å². The highest BCUT2D eigenvalue weighted by molar-refractivity contribution is 5.96. The van der Waals surface area contributed by atoms with Crippen LogP contribution in [0.2, 0.25) is 0 Å². The van der Waals surface area contributed by atoms with E-state index in [1.54, 1.807) is 23.1 Å². The molecule has 1 aliphatic heterocycles. The van der Waals surface area contributed by atoms with Crippen molar-refractivity contribution < 1.29 is 19.8 Å². The monoisotopic (exact) mass is 306 g/mol. The summed E-state index contributed by atoms with van der Waals surface area (Å²) < 4.78 is 0. The first-order chi connectivity index (χ1) is 10.4. The first kappa shape index (κ1) is 16.3. The van der Waals surface area contributed by atoms with Gasteiger partial charge in [0.1, 0.15) is 11.8 Å². The van der Waals surface area contributed by atoms with Crippen molar-refractivity contribution in [1.82, 2.24) is 9.80 Å². The van der Waals surface area contributed by atoms with Crippen molar-refractivity contribution >= 4 is 11.9 Å². The number of para-hydroxylation sites is 1. The Labute approximate surface area is 130 Å². The van der Waals surface area contributed by atoms with Gasteiger partial charge in [-0.05, 0) is 18.1 Å². The van der Waals surface area contributed by atoms with E-state index < -0.39 is 12.0 Å². The smallest absolute Gasteiger partial charge is 0.321 e. The number of carboxylic acid groups (broad SMARTS) is 1. The van der Waals surface area contributed by atoms with Gasteiger partial charge in [-0.15, -0.1) is 0 Å². The Bertz CT molecular complexity index is 551. The van der Waals surface area contributed by atoms with E-state index in [2.05, 4.69) is 0 Å². The predicted molar refractivity (Wildman–Crippen MR) is 81.8 cm³/mol. The first-order valence-corrected chi connectivity index (χ1v) is 7.46. The van der Waals surface area contributed by atoms with Gasteiger partial charge in [-0.2, -0.15) is 0 Å². The van der Waals surface area contributed by atoms with E-state index >= 15 is 0 Å². The van der Waals surface area contributed by atoms with Crippen LogP contribution in [0.25, 0.3) is 0 Å². The molecule has 22 heavy (non-hydrogen) atoms. The van der Waals surface area contributed by atoms with Gasteiger partial charge in [0.2, 0.25) is 0 Å². The van der Waals surface area contributed by atoms with E-state index in [-0.39, 0.29) is 23.1 Å². The second-order valence-electron chi connectivity index (χ2n) is 5.87. The van der Waals surface area contributed by atoms with Gasteiger partial charge in [0.15, 0.2) is 0 Å². The largest absolute Gasteiger partial charge is 0.507 e. The molecule has 1 aromatic carbocycles. The number of nitrogens with zero attached hydrogens (tertiary/aromatic N) is 2. The summed E-state index contributed by atoms with van der Waals surface area (Å²) in [4.78, 5) is 27.3. The lowest BCUT2D eigenvalue weighted by Crippen LogP contribution is -2.55. The van der Waals surface area contributed by atoms with Crippen LogP contribution < -0.4 is 0 Å². The zero-order valence-electron chi connectivity index (χ0n) is 12.9.